The summed E-state index contributed by atoms with van der Waals surface area (Å²) in [7, 11) is 0. The van der Waals surface area contributed by atoms with E-state index in [1.165, 1.54) is 6.20 Å². The number of aromatic nitrogens is 3. The van der Waals surface area contributed by atoms with Gasteiger partial charge in [0.15, 0.2) is 5.82 Å². The minimum Gasteiger partial charge on any atom is -0.347 e. The highest BCUT2D eigenvalue weighted by molar-refractivity contribution is 6.00. The highest BCUT2D eigenvalue weighted by atomic mass is 16.2. The van der Waals surface area contributed by atoms with Crippen molar-refractivity contribution in [2.75, 3.05) is 10.6 Å². The first-order valence-corrected chi connectivity index (χ1v) is 7.83. The Kier molecular flexibility index (Phi) is 4.20. The fourth-order valence-corrected chi connectivity index (χ4v) is 2.66. The normalized spacial score (nSPS) is 12.9. The average molecular weight is 328 g/mol. The van der Waals surface area contributed by atoms with Gasteiger partial charge in [-0.25, -0.2) is 9.78 Å². The van der Waals surface area contributed by atoms with E-state index in [4.69, 9.17) is 0 Å². The van der Waals surface area contributed by atoms with Crippen LogP contribution in [0.15, 0.2) is 12.3 Å². The van der Waals surface area contributed by atoms with Crippen molar-refractivity contribution < 1.29 is 9.59 Å². The lowest BCUT2D eigenvalue weighted by Crippen LogP contribution is -2.21. The van der Waals surface area contributed by atoms with Gasteiger partial charge in [0.2, 0.25) is 0 Å². The van der Waals surface area contributed by atoms with Gasteiger partial charge in [0, 0.05) is 23.4 Å². The number of nitrogens with zero attached hydrogens (tertiary/aromatic N) is 2. The molecule has 0 fully saturated rings. The fourth-order valence-electron chi connectivity index (χ4n) is 2.66. The summed E-state index contributed by atoms with van der Waals surface area (Å²) in [5.41, 5.74) is 3.65. The van der Waals surface area contributed by atoms with E-state index in [2.05, 4.69) is 45.0 Å². The summed E-state index contributed by atoms with van der Waals surface area (Å²) in [5.74, 6) is 0.798. The minimum atomic E-state index is -0.398. The Hall–Kier alpha value is -2.90. The molecule has 0 saturated heterocycles. The quantitative estimate of drug-likeness (QED) is 0.689. The van der Waals surface area contributed by atoms with Crippen LogP contribution >= 0.6 is 0 Å². The lowest BCUT2D eigenvalue weighted by atomic mass is 10.0. The van der Waals surface area contributed by atoms with Gasteiger partial charge in [-0.3, -0.25) is 15.2 Å². The van der Waals surface area contributed by atoms with Crippen LogP contribution in [0, 0.1) is 12.8 Å². The van der Waals surface area contributed by atoms with Crippen molar-refractivity contribution in [3.05, 3.63) is 34.8 Å². The number of pyridine rings is 1. The summed E-state index contributed by atoms with van der Waals surface area (Å²) in [6, 6.07) is 1.34. The summed E-state index contributed by atoms with van der Waals surface area (Å²) in [5, 5.41) is 15.2. The predicted octanol–water partition coefficient (Wildman–Crippen LogP) is 2.20. The number of hydrogen-bond acceptors (Lipinski definition) is 4. The lowest BCUT2D eigenvalue weighted by molar-refractivity contribution is 0.0961. The fraction of sp³-hybridized carbons (Fsp3) is 0.375. The van der Waals surface area contributed by atoms with Gasteiger partial charge in [0.25, 0.3) is 5.91 Å². The first-order valence-electron chi connectivity index (χ1n) is 7.83. The van der Waals surface area contributed by atoms with Gasteiger partial charge >= 0.3 is 6.03 Å². The van der Waals surface area contributed by atoms with Crippen LogP contribution in [0.2, 0.25) is 0 Å². The largest absolute Gasteiger partial charge is 0.347 e. The minimum absolute atomic E-state index is 0.189. The Labute approximate surface area is 139 Å². The number of fused-ring (bicyclic) bond motifs is 1. The number of urea groups is 1. The van der Waals surface area contributed by atoms with Gasteiger partial charge in [-0.1, -0.05) is 13.8 Å². The van der Waals surface area contributed by atoms with Crippen LogP contribution in [0.5, 0.6) is 0 Å². The maximum absolute atomic E-state index is 12.2. The molecule has 4 N–H and O–H groups in total. The van der Waals surface area contributed by atoms with Gasteiger partial charge in [0.1, 0.15) is 5.69 Å². The number of carbonyl (C=O) groups is 2. The molecule has 0 aliphatic carbocycles. The van der Waals surface area contributed by atoms with Crippen LogP contribution < -0.4 is 16.0 Å². The monoisotopic (exact) mass is 328 g/mol. The van der Waals surface area contributed by atoms with E-state index in [0.29, 0.717) is 29.7 Å². The topological polar surface area (TPSA) is 112 Å². The van der Waals surface area contributed by atoms with Crippen LogP contribution in [-0.4, -0.2) is 27.1 Å². The maximum atomic E-state index is 12.2. The molecule has 1 aliphatic heterocycles. The van der Waals surface area contributed by atoms with E-state index in [1.54, 1.807) is 6.07 Å². The molecule has 24 heavy (non-hydrogen) atoms. The third-order valence-electron chi connectivity index (χ3n) is 3.80. The van der Waals surface area contributed by atoms with E-state index in [9.17, 15) is 9.59 Å². The Balaban J connectivity index is 1.70. The van der Waals surface area contributed by atoms with Crippen molar-refractivity contribution in [2.24, 2.45) is 5.92 Å². The van der Waals surface area contributed by atoms with Gasteiger partial charge in [-0.05, 0) is 25.3 Å². The molecule has 126 valence electrons. The summed E-state index contributed by atoms with van der Waals surface area (Å²) >= 11 is 0. The molecule has 3 rings (SSSR count). The summed E-state index contributed by atoms with van der Waals surface area (Å²) in [6.45, 7) is 6.58. The first-order chi connectivity index (χ1) is 11.4. The van der Waals surface area contributed by atoms with Crippen LogP contribution in [0.1, 0.15) is 41.2 Å². The van der Waals surface area contributed by atoms with Crippen molar-refractivity contribution in [1.82, 2.24) is 20.5 Å². The third-order valence-corrected chi connectivity index (χ3v) is 3.80. The Bertz CT molecular complexity index is 796. The van der Waals surface area contributed by atoms with E-state index >= 15 is 0 Å². The predicted molar refractivity (Wildman–Crippen MR) is 89.9 cm³/mol. The number of anilines is 2. The molecule has 0 saturated carbocycles. The molecular weight excluding hydrogens is 308 g/mol. The Morgan fingerprint density at radius 2 is 2.17 bits per heavy atom. The zero-order valence-electron chi connectivity index (χ0n) is 13.9. The second-order valence-corrected chi connectivity index (χ2v) is 6.27. The van der Waals surface area contributed by atoms with Gasteiger partial charge < -0.3 is 10.6 Å². The van der Waals surface area contributed by atoms with E-state index in [-0.39, 0.29) is 5.91 Å². The third kappa shape index (κ3) is 3.22. The molecule has 2 aromatic rings. The van der Waals surface area contributed by atoms with E-state index < -0.39 is 6.03 Å². The van der Waals surface area contributed by atoms with Crippen LogP contribution in [0.4, 0.5) is 16.3 Å². The molecule has 8 heteroatoms. The summed E-state index contributed by atoms with van der Waals surface area (Å²) < 4.78 is 0. The Morgan fingerprint density at radius 3 is 2.92 bits per heavy atom. The van der Waals surface area contributed by atoms with Crippen LogP contribution in [-0.2, 0) is 13.0 Å². The molecule has 2 aromatic heterocycles. The van der Waals surface area contributed by atoms with Crippen molar-refractivity contribution in [2.45, 2.75) is 33.7 Å². The molecule has 0 bridgehead atoms. The molecular formula is C16H20N6O2. The number of aryl methyl sites for hydroxylation is 1. The molecule has 1 aliphatic rings. The average Bonchev–Trinajstić information content (AvgIpc) is 3.04. The standard InChI is InChI=1S/C16H20N6O2/c1-8(2)4-12-9(3)21-22-14(12)20-16(24)19-11-5-10-6-18-15(23)13(10)17-7-11/h5,7-8H,4,6H2,1-3H3,(H,18,23)(H3,19,20,21,22,24). The SMILES string of the molecule is Cc1[nH]nc(NC(=O)Nc2cnc3c(c2)CNC3=O)c1CC(C)C. The van der Waals surface area contributed by atoms with Crippen molar-refractivity contribution in [1.29, 1.82) is 0 Å². The van der Waals surface area contributed by atoms with Crippen LogP contribution in [0.3, 0.4) is 0 Å². The van der Waals surface area contributed by atoms with E-state index in [0.717, 1.165) is 23.2 Å². The number of nitrogens with one attached hydrogen (secondary N) is 4. The second-order valence-electron chi connectivity index (χ2n) is 6.27. The van der Waals surface area contributed by atoms with Gasteiger partial charge in [0.05, 0.1) is 11.9 Å². The molecule has 0 unspecified atom stereocenters. The van der Waals surface area contributed by atoms with Gasteiger partial charge in [-0.2, -0.15) is 5.10 Å². The zero-order valence-corrected chi connectivity index (χ0v) is 13.9. The van der Waals surface area contributed by atoms with Crippen molar-refractivity contribution in [3.63, 3.8) is 0 Å². The molecule has 0 spiro atoms. The number of carbonyl (C=O) groups excluding carboxylic acids is 2. The lowest BCUT2D eigenvalue weighted by Gasteiger charge is -2.09. The highest BCUT2D eigenvalue weighted by Gasteiger charge is 2.21. The molecule has 0 atom stereocenters. The first kappa shape index (κ1) is 16.0. The number of amides is 3. The van der Waals surface area contributed by atoms with Crippen LogP contribution in [0.25, 0.3) is 0 Å². The smallest absolute Gasteiger partial charge is 0.324 e. The number of hydrogen-bond donors (Lipinski definition) is 4. The number of rotatable bonds is 4. The molecule has 8 nitrogen and oxygen atoms in total. The van der Waals surface area contributed by atoms with Crippen molar-refractivity contribution in [3.8, 4) is 0 Å². The number of aromatic amines is 1. The van der Waals surface area contributed by atoms with E-state index in [1.807, 2.05) is 6.92 Å². The second kappa shape index (κ2) is 6.31. The maximum Gasteiger partial charge on any atom is 0.324 e. The molecule has 0 aromatic carbocycles. The zero-order chi connectivity index (χ0) is 17.3. The molecule has 0 radical (unpaired) electrons. The summed E-state index contributed by atoms with van der Waals surface area (Å²) in [6.07, 6.45) is 2.29. The number of H-pyrrole nitrogens is 1. The highest BCUT2D eigenvalue weighted by Crippen LogP contribution is 2.21. The summed E-state index contributed by atoms with van der Waals surface area (Å²) in [4.78, 5) is 27.8. The Morgan fingerprint density at radius 1 is 1.38 bits per heavy atom. The van der Waals surface area contributed by atoms with Gasteiger partial charge in [-0.15, -0.1) is 0 Å². The van der Waals surface area contributed by atoms with Crippen molar-refractivity contribution >= 4 is 23.4 Å². The molecule has 3 amide bonds. The molecule has 3 heterocycles.